The van der Waals surface area contributed by atoms with Gasteiger partial charge in [-0.2, -0.15) is 0 Å². The molecule has 0 saturated carbocycles. The highest BCUT2D eigenvalue weighted by molar-refractivity contribution is 5.75. The van der Waals surface area contributed by atoms with E-state index < -0.39 is 5.56 Å². The average molecular weight is 581 g/mol. The minimum absolute atomic E-state index is 0.149. The van der Waals surface area contributed by atoms with Crippen molar-refractivity contribution in [2.75, 3.05) is 33.9 Å². The molecule has 1 aromatic heterocycles. The molecule has 0 atom stereocenters. The van der Waals surface area contributed by atoms with Crippen LogP contribution >= 0.6 is 0 Å². The molecule has 43 heavy (non-hydrogen) atoms. The van der Waals surface area contributed by atoms with E-state index in [0.29, 0.717) is 18.8 Å². The zero-order chi connectivity index (χ0) is 30.3. The first-order valence-corrected chi connectivity index (χ1v) is 14.2. The second-order valence-electron chi connectivity index (χ2n) is 10.5. The molecule has 4 aromatic rings. The first-order chi connectivity index (χ1) is 20.9. The van der Waals surface area contributed by atoms with Gasteiger partial charge in [0, 0.05) is 33.2 Å². The van der Waals surface area contributed by atoms with Gasteiger partial charge >= 0.3 is 0 Å². The number of carbonyl (C=O) groups excluding carboxylic acids is 1. The monoisotopic (exact) mass is 580 g/mol. The summed E-state index contributed by atoms with van der Waals surface area (Å²) in [6.45, 7) is 2.35. The van der Waals surface area contributed by atoms with E-state index in [1.165, 1.54) is 20.3 Å². The van der Waals surface area contributed by atoms with Crippen LogP contribution in [0.3, 0.4) is 0 Å². The van der Waals surface area contributed by atoms with Crippen LogP contribution in [0.2, 0.25) is 0 Å². The standard InChI is InChI=1S/C34H36N4O5/c1-36-28(18-24-10-6-4-7-11-24)34(41)38(29(33(36)40)19-25-12-8-5-9-13-25)23-32(39)35-15-17-37-16-14-26-20-30(42-2)31(43-3)21-27(26)22-37/h4-13,18-21H,14-17,22-23H2,1-3H3,(H,35,39)/b28-18-,29-19-. The van der Waals surface area contributed by atoms with Crippen molar-refractivity contribution in [3.63, 3.8) is 0 Å². The molecule has 9 nitrogen and oxygen atoms in total. The van der Waals surface area contributed by atoms with Gasteiger partial charge in [0.25, 0.3) is 11.1 Å². The Morgan fingerprint density at radius 2 is 1.42 bits per heavy atom. The Bertz CT molecular complexity index is 1850. The largest absolute Gasteiger partial charge is 0.493 e. The number of benzene rings is 3. The van der Waals surface area contributed by atoms with Crippen molar-refractivity contribution in [3.05, 3.63) is 126 Å². The van der Waals surface area contributed by atoms with Crippen LogP contribution in [0, 0.1) is 0 Å². The molecule has 1 aliphatic rings. The van der Waals surface area contributed by atoms with Crippen molar-refractivity contribution < 1.29 is 14.3 Å². The first kappa shape index (κ1) is 29.6. The number of amides is 1. The molecular formula is C34H36N4O5. The minimum atomic E-state index is -0.416. The molecule has 0 spiro atoms. The quantitative estimate of drug-likeness (QED) is 0.322. The third-order valence-electron chi connectivity index (χ3n) is 7.70. The van der Waals surface area contributed by atoms with Gasteiger partial charge in [-0.1, -0.05) is 60.7 Å². The van der Waals surface area contributed by atoms with Gasteiger partial charge in [-0.3, -0.25) is 23.9 Å². The number of hydrogen-bond donors (Lipinski definition) is 1. The summed E-state index contributed by atoms with van der Waals surface area (Å²) in [4.78, 5) is 42.8. The SMILES string of the molecule is COc1cc2c(cc1OC)CN(CCNC(=O)Cn1c(=O)/c(=C/c3ccccc3)n(C)c(=O)/c1=C/c1ccccc1)CC2. The van der Waals surface area contributed by atoms with Crippen LogP contribution in [-0.4, -0.2) is 53.8 Å². The van der Waals surface area contributed by atoms with E-state index in [9.17, 15) is 14.4 Å². The van der Waals surface area contributed by atoms with Gasteiger partial charge in [0.1, 0.15) is 17.2 Å². The number of nitrogens with one attached hydrogen (secondary N) is 1. The summed E-state index contributed by atoms with van der Waals surface area (Å²) in [6, 6.07) is 22.6. The van der Waals surface area contributed by atoms with Gasteiger partial charge in [-0.25, -0.2) is 0 Å². The second kappa shape index (κ2) is 13.4. The Hall–Kier alpha value is -4.89. The average Bonchev–Trinajstić information content (AvgIpc) is 3.04. The van der Waals surface area contributed by atoms with Gasteiger partial charge in [0.05, 0.1) is 14.2 Å². The predicted octanol–water partition coefficient (Wildman–Crippen LogP) is 1.40. The number of ether oxygens (including phenoxy) is 2. The normalized spacial score (nSPS) is 13.9. The highest BCUT2D eigenvalue weighted by Gasteiger charge is 2.20. The number of nitrogens with zero attached hydrogens (tertiary/aromatic N) is 3. The molecule has 9 heteroatoms. The first-order valence-electron chi connectivity index (χ1n) is 14.2. The van der Waals surface area contributed by atoms with Gasteiger partial charge in [0.2, 0.25) is 5.91 Å². The minimum Gasteiger partial charge on any atom is -0.493 e. The van der Waals surface area contributed by atoms with Gasteiger partial charge < -0.3 is 19.4 Å². The van der Waals surface area contributed by atoms with Crippen LogP contribution in [0.5, 0.6) is 11.5 Å². The van der Waals surface area contributed by atoms with Gasteiger partial charge in [-0.05, 0) is 53.0 Å². The summed E-state index contributed by atoms with van der Waals surface area (Å²) in [5.41, 5.74) is 3.16. The van der Waals surface area contributed by atoms with Crippen molar-refractivity contribution in [1.29, 1.82) is 0 Å². The number of aromatic nitrogens is 2. The maximum atomic E-state index is 13.8. The van der Waals surface area contributed by atoms with Crippen LogP contribution in [0.1, 0.15) is 22.3 Å². The van der Waals surface area contributed by atoms with Crippen LogP contribution in [0.4, 0.5) is 0 Å². The maximum Gasteiger partial charge on any atom is 0.275 e. The Labute approximate surface area is 249 Å². The predicted molar refractivity (Wildman–Crippen MR) is 167 cm³/mol. The Kier molecular flexibility index (Phi) is 9.22. The molecule has 0 radical (unpaired) electrons. The molecule has 1 aliphatic heterocycles. The van der Waals surface area contributed by atoms with Crippen LogP contribution in [-0.2, 0) is 31.4 Å². The summed E-state index contributed by atoms with van der Waals surface area (Å²) in [7, 11) is 4.84. The van der Waals surface area contributed by atoms with Crippen molar-refractivity contribution in [2.24, 2.45) is 7.05 Å². The fourth-order valence-corrected chi connectivity index (χ4v) is 5.34. The summed E-state index contributed by atoms with van der Waals surface area (Å²) in [5.74, 6) is 1.08. The molecule has 2 heterocycles. The Morgan fingerprint density at radius 1 is 0.837 bits per heavy atom. The van der Waals surface area contributed by atoms with E-state index in [4.69, 9.17) is 9.47 Å². The third kappa shape index (κ3) is 6.79. The molecule has 3 aromatic carbocycles. The molecule has 0 bridgehead atoms. The lowest BCUT2D eigenvalue weighted by atomic mass is 9.99. The zero-order valence-corrected chi connectivity index (χ0v) is 24.7. The second-order valence-corrected chi connectivity index (χ2v) is 10.5. The molecular weight excluding hydrogens is 544 g/mol. The Morgan fingerprint density at radius 3 is 2.02 bits per heavy atom. The van der Waals surface area contributed by atoms with Crippen molar-refractivity contribution in [2.45, 2.75) is 19.5 Å². The highest BCUT2D eigenvalue weighted by atomic mass is 16.5. The van der Waals surface area contributed by atoms with E-state index in [-0.39, 0.29) is 28.7 Å². The lowest BCUT2D eigenvalue weighted by Gasteiger charge is -2.29. The number of methoxy groups -OCH3 is 2. The van der Waals surface area contributed by atoms with Crippen molar-refractivity contribution in [3.8, 4) is 11.5 Å². The lowest BCUT2D eigenvalue weighted by molar-refractivity contribution is -0.121. The van der Waals surface area contributed by atoms with E-state index in [1.54, 1.807) is 33.4 Å². The van der Waals surface area contributed by atoms with Crippen LogP contribution in [0.15, 0.2) is 82.4 Å². The number of rotatable bonds is 9. The molecule has 0 aliphatic carbocycles. The molecule has 0 fully saturated rings. The highest BCUT2D eigenvalue weighted by Crippen LogP contribution is 2.33. The topological polar surface area (TPSA) is 94.8 Å². The van der Waals surface area contributed by atoms with Crippen molar-refractivity contribution in [1.82, 2.24) is 19.4 Å². The van der Waals surface area contributed by atoms with Gasteiger partial charge in [-0.15, -0.1) is 0 Å². The van der Waals surface area contributed by atoms with E-state index in [1.807, 2.05) is 72.8 Å². The molecule has 0 saturated heterocycles. The molecule has 1 N–H and O–H groups in total. The fourth-order valence-electron chi connectivity index (χ4n) is 5.34. The summed E-state index contributed by atoms with van der Waals surface area (Å²) < 4.78 is 13.5. The molecule has 5 rings (SSSR count). The smallest absolute Gasteiger partial charge is 0.275 e. The molecule has 1 amide bonds. The van der Waals surface area contributed by atoms with Gasteiger partial charge in [0.15, 0.2) is 11.5 Å². The summed E-state index contributed by atoms with van der Waals surface area (Å²) in [6.07, 6.45) is 4.19. The zero-order valence-electron chi connectivity index (χ0n) is 24.7. The number of hydrogen-bond acceptors (Lipinski definition) is 6. The lowest BCUT2D eigenvalue weighted by Crippen LogP contribution is -2.58. The van der Waals surface area contributed by atoms with E-state index in [2.05, 4.69) is 10.2 Å². The van der Waals surface area contributed by atoms with Crippen molar-refractivity contribution >= 4 is 18.1 Å². The number of fused-ring (bicyclic) bond motifs is 1. The molecule has 0 unspecified atom stereocenters. The maximum absolute atomic E-state index is 13.8. The number of carbonyl (C=O) groups is 1. The molecule has 222 valence electrons. The van der Waals surface area contributed by atoms with Crippen LogP contribution < -0.4 is 36.6 Å². The van der Waals surface area contributed by atoms with E-state index in [0.717, 1.165) is 36.4 Å². The summed E-state index contributed by atoms with van der Waals surface area (Å²) in [5, 5.41) is 3.30. The third-order valence-corrected chi connectivity index (χ3v) is 7.70. The Balaban J connectivity index is 1.37. The fraction of sp³-hybridized carbons (Fsp3) is 0.265. The summed E-state index contributed by atoms with van der Waals surface area (Å²) >= 11 is 0. The van der Waals surface area contributed by atoms with E-state index >= 15 is 0 Å². The van der Waals surface area contributed by atoms with Crippen LogP contribution in [0.25, 0.3) is 12.2 Å².